The Morgan fingerprint density at radius 1 is 0.682 bits per heavy atom. The molecule has 2 aromatic rings. The molecule has 0 aromatic heterocycles. The number of rotatable bonds is 0. The summed E-state index contributed by atoms with van der Waals surface area (Å²) in [6.07, 6.45) is 17.6. The van der Waals surface area contributed by atoms with Crippen molar-refractivity contribution in [2.75, 3.05) is 5.32 Å². The minimum Gasteiger partial charge on any atom is -0.361 e. The van der Waals surface area contributed by atoms with Crippen molar-refractivity contribution >= 4 is 11.8 Å². The van der Waals surface area contributed by atoms with E-state index in [1.807, 2.05) is 24.4 Å². The fraction of sp³-hybridized carbons (Fsp3) is 0.0476. The van der Waals surface area contributed by atoms with E-state index in [2.05, 4.69) is 78.2 Å². The standard InChI is InChI=1S/C14H11N.C7H8/c1-2-6-12-11(5-1)9-10-15-14-8-4-3-7-13(12)14;1-2-4-6-7-5-3-1/h1-10,15H;1-6H,7H2. The average molecular weight is 285 g/mol. The molecule has 22 heavy (non-hydrogen) atoms. The van der Waals surface area contributed by atoms with Gasteiger partial charge >= 0.3 is 0 Å². The van der Waals surface area contributed by atoms with Gasteiger partial charge in [-0.1, -0.05) is 78.9 Å². The summed E-state index contributed by atoms with van der Waals surface area (Å²) < 4.78 is 0. The van der Waals surface area contributed by atoms with Crippen LogP contribution in [0.15, 0.2) is 91.2 Å². The molecule has 1 N–H and O–H groups in total. The van der Waals surface area contributed by atoms with Crippen LogP contribution in [-0.2, 0) is 0 Å². The van der Waals surface area contributed by atoms with Crippen molar-refractivity contribution in [3.05, 3.63) is 96.8 Å². The lowest BCUT2D eigenvalue weighted by atomic mass is 9.99. The highest BCUT2D eigenvalue weighted by molar-refractivity contribution is 5.86. The summed E-state index contributed by atoms with van der Waals surface area (Å²) in [7, 11) is 0. The SMILES string of the molecule is C1=CC=CCC=C1.C1=Cc2ccccc2-c2ccccc2N1. The van der Waals surface area contributed by atoms with Gasteiger partial charge < -0.3 is 5.32 Å². The van der Waals surface area contributed by atoms with E-state index in [4.69, 9.17) is 0 Å². The summed E-state index contributed by atoms with van der Waals surface area (Å²) in [4.78, 5) is 0. The predicted molar refractivity (Wildman–Crippen MR) is 96.6 cm³/mol. The summed E-state index contributed by atoms with van der Waals surface area (Å²) in [6, 6.07) is 16.8. The first-order chi connectivity index (χ1) is 10.9. The van der Waals surface area contributed by atoms with Crippen molar-refractivity contribution in [2.24, 2.45) is 0 Å². The van der Waals surface area contributed by atoms with Crippen molar-refractivity contribution in [1.82, 2.24) is 0 Å². The van der Waals surface area contributed by atoms with Crippen LogP contribution in [0, 0.1) is 0 Å². The molecule has 0 saturated heterocycles. The normalized spacial score (nSPS) is 13.8. The molecule has 0 spiro atoms. The maximum Gasteiger partial charge on any atom is 0.0459 e. The van der Waals surface area contributed by atoms with Crippen LogP contribution in [-0.4, -0.2) is 0 Å². The highest BCUT2D eigenvalue weighted by atomic mass is 14.8. The smallest absolute Gasteiger partial charge is 0.0459 e. The second-order valence-electron chi connectivity index (χ2n) is 5.09. The average Bonchev–Trinajstić information content (AvgIpc) is 2.97. The Bertz CT molecular complexity index is 734. The lowest BCUT2D eigenvalue weighted by Gasteiger charge is -2.08. The minimum absolute atomic E-state index is 1.08. The first-order valence-electron chi connectivity index (χ1n) is 7.55. The topological polar surface area (TPSA) is 12.0 Å². The molecule has 2 aromatic carbocycles. The van der Waals surface area contributed by atoms with Crippen LogP contribution in [0.2, 0.25) is 0 Å². The van der Waals surface area contributed by atoms with Gasteiger partial charge in [0, 0.05) is 17.5 Å². The van der Waals surface area contributed by atoms with Gasteiger partial charge in [-0.3, -0.25) is 0 Å². The van der Waals surface area contributed by atoms with Crippen molar-refractivity contribution in [3.8, 4) is 11.1 Å². The van der Waals surface area contributed by atoms with E-state index in [0.717, 1.165) is 6.42 Å². The first kappa shape index (κ1) is 14.2. The molecule has 0 bridgehead atoms. The van der Waals surface area contributed by atoms with Crippen LogP contribution >= 0.6 is 0 Å². The molecule has 0 fully saturated rings. The molecule has 0 amide bonds. The first-order valence-corrected chi connectivity index (χ1v) is 7.55. The Morgan fingerprint density at radius 2 is 1.36 bits per heavy atom. The van der Waals surface area contributed by atoms with Gasteiger partial charge in [-0.25, -0.2) is 0 Å². The molecule has 1 nitrogen and oxygen atoms in total. The number of para-hydroxylation sites is 1. The number of benzene rings is 2. The minimum atomic E-state index is 1.08. The second-order valence-corrected chi connectivity index (χ2v) is 5.09. The lowest BCUT2D eigenvalue weighted by Crippen LogP contribution is -1.87. The van der Waals surface area contributed by atoms with Crippen molar-refractivity contribution in [2.45, 2.75) is 6.42 Å². The number of fused-ring (bicyclic) bond motifs is 3. The fourth-order valence-electron chi connectivity index (χ4n) is 2.47. The number of allylic oxidation sites excluding steroid dienone is 6. The van der Waals surface area contributed by atoms with Gasteiger partial charge in [0.05, 0.1) is 0 Å². The highest BCUT2D eigenvalue weighted by Crippen LogP contribution is 2.33. The van der Waals surface area contributed by atoms with Crippen LogP contribution in [0.3, 0.4) is 0 Å². The lowest BCUT2D eigenvalue weighted by molar-refractivity contribution is 1.41. The molecular formula is C21H19N. The van der Waals surface area contributed by atoms with Crippen molar-refractivity contribution < 1.29 is 0 Å². The van der Waals surface area contributed by atoms with Gasteiger partial charge in [0.2, 0.25) is 0 Å². The molecule has 0 radical (unpaired) electrons. The predicted octanol–water partition coefficient (Wildman–Crippen LogP) is 5.81. The molecule has 1 aliphatic carbocycles. The summed E-state index contributed by atoms with van der Waals surface area (Å²) in [5, 5.41) is 3.29. The zero-order chi connectivity index (χ0) is 15.0. The largest absolute Gasteiger partial charge is 0.361 e. The molecule has 4 rings (SSSR count). The number of anilines is 1. The van der Waals surface area contributed by atoms with E-state index in [1.165, 1.54) is 22.4 Å². The monoisotopic (exact) mass is 285 g/mol. The number of nitrogens with one attached hydrogen (secondary N) is 1. The van der Waals surface area contributed by atoms with Gasteiger partial charge in [-0.2, -0.15) is 0 Å². The van der Waals surface area contributed by atoms with Gasteiger partial charge in [0.15, 0.2) is 0 Å². The molecular weight excluding hydrogens is 266 g/mol. The third-order valence-corrected chi connectivity index (χ3v) is 3.56. The molecule has 1 aliphatic heterocycles. The Morgan fingerprint density at radius 3 is 2.18 bits per heavy atom. The van der Waals surface area contributed by atoms with Gasteiger partial charge in [0.25, 0.3) is 0 Å². The summed E-state index contributed by atoms with van der Waals surface area (Å²) in [6.45, 7) is 0. The molecule has 2 aliphatic rings. The van der Waals surface area contributed by atoms with Crippen molar-refractivity contribution in [3.63, 3.8) is 0 Å². The fourth-order valence-corrected chi connectivity index (χ4v) is 2.47. The third kappa shape index (κ3) is 3.44. The van der Waals surface area contributed by atoms with Crippen LogP contribution in [0.4, 0.5) is 5.69 Å². The molecule has 0 unspecified atom stereocenters. The number of hydrogen-bond acceptors (Lipinski definition) is 1. The van der Waals surface area contributed by atoms with E-state index in [1.54, 1.807) is 0 Å². The molecule has 108 valence electrons. The maximum atomic E-state index is 3.29. The van der Waals surface area contributed by atoms with Gasteiger partial charge in [-0.05, 0) is 29.7 Å². The number of hydrogen-bond donors (Lipinski definition) is 1. The van der Waals surface area contributed by atoms with Gasteiger partial charge in [-0.15, -0.1) is 0 Å². The van der Waals surface area contributed by atoms with Crippen LogP contribution in [0.1, 0.15) is 12.0 Å². The second kappa shape index (κ2) is 7.28. The van der Waals surface area contributed by atoms with Crippen LogP contribution in [0.25, 0.3) is 17.2 Å². The highest BCUT2D eigenvalue weighted by Gasteiger charge is 2.08. The Labute approximate surface area is 132 Å². The van der Waals surface area contributed by atoms with E-state index in [9.17, 15) is 0 Å². The van der Waals surface area contributed by atoms with E-state index in [-0.39, 0.29) is 0 Å². The summed E-state index contributed by atoms with van der Waals surface area (Å²) in [5.74, 6) is 0. The Hall–Kier alpha value is -2.80. The Kier molecular flexibility index (Phi) is 4.68. The molecule has 1 heterocycles. The third-order valence-electron chi connectivity index (χ3n) is 3.56. The summed E-state index contributed by atoms with van der Waals surface area (Å²) in [5.41, 5.74) is 4.97. The molecule has 1 heteroatoms. The molecule has 0 saturated carbocycles. The van der Waals surface area contributed by atoms with E-state index in [0.29, 0.717) is 0 Å². The Balaban J connectivity index is 0.000000174. The zero-order valence-corrected chi connectivity index (χ0v) is 12.4. The molecule has 0 atom stereocenters. The van der Waals surface area contributed by atoms with E-state index >= 15 is 0 Å². The quantitative estimate of drug-likeness (QED) is 0.644. The summed E-state index contributed by atoms with van der Waals surface area (Å²) >= 11 is 0. The van der Waals surface area contributed by atoms with Gasteiger partial charge in [0.1, 0.15) is 0 Å². The van der Waals surface area contributed by atoms with Crippen molar-refractivity contribution in [1.29, 1.82) is 0 Å². The van der Waals surface area contributed by atoms with Crippen LogP contribution < -0.4 is 5.32 Å². The zero-order valence-electron chi connectivity index (χ0n) is 12.4. The maximum absolute atomic E-state index is 3.29. The van der Waals surface area contributed by atoms with E-state index < -0.39 is 0 Å². The van der Waals surface area contributed by atoms with Crippen LogP contribution in [0.5, 0.6) is 0 Å².